The Hall–Kier alpha value is -6.78. The van der Waals surface area contributed by atoms with E-state index in [-0.39, 0.29) is 59.8 Å². The number of fused-ring (bicyclic) bond motifs is 4. The van der Waals surface area contributed by atoms with Crippen LogP contribution in [-0.4, -0.2) is 92.5 Å². The van der Waals surface area contributed by atoms with E-state index in [1.165, 1.54) is 24.3 Å². The highest BCUT2D eigenvalue weighted by molar-refractivity contribution is 6.30. The van der Waals surface area contributed by atoms with Gasteiger partial charge in [0.1, 0.15) is 0 Å². The van der Waals surface area contributed by atoms with E-state index in [4.69, 9.17) is 0 Å². The number of hydrogen-bond acceptors (Lipinski definition) is 12. The van der Waals surface area contributed by atoms with Crippen LogP contribution >= 0.6 is 0 Å². The summed E-state index contributed by atoms with van der Waals surface area (Å²) in [6.45, 7) is 1.27. The number of amides is 4. The number of nitro benzene ring substituents is 2. The topological polar surface area (TPSA) is 211 Å². The van der Waals surface area contributed by atoms with Gasteiger partial charge in [-0.05, 0) is 24.3 Å². The van der Waals surface area contributed by atoms with Crippen LogP contribution < -0.4 is 10.6 Å². The van der Waals surface area contributed by atoms with Gasteiger partial charge >= 0.3 is 0 Å². The minimum absolute atomic E-state index is 0.00441. The second-order valence-electron chi connectivity index (χ2n) is 12.4. The molecule has 16 nitrogen and oxygen atoms in total. The van der Waals surface area contributed by atoms with Gasteiger partial charge in [0.15, 0.2) is 0 Å². The first-order valence-electron chi connectivity index (χ1n) is 16.3. The summed E-state index contributed by atoms with van der Waals surface area (Å²) in [4.78, 5) is 87.2. The molecule has 0 aliphatic carbocycles. The van der Waals surface area contributed by atoms with E-state index in [0.29, 0.717) is 56.4 Å². The van der Waals surface area contributed by atoms with Gasteiger partial charge in [0.05, 0.1) is 32.0 Å². The number of non-ortho nitro benzene ring substituents is 2. The zero-order chi connectivity index (χ0) is 36.3. The fourth-order valence-electron chi connectivity index (χ4n) is 7.05. The highest BCUT2D eigenvalue weighted by Gasteiger charge is 2.36. The third-order valence-electron chi connectivity index (χ3n) is 9.40. The molecule has 0 atom stereocenters. The van der Waals surface area contributed by atoms with Gasteiger partial charge in [-0.15, -0.1) is 0 Å². The minimum atomic E-state index is -0.635. The number of carbonyl (C=O) groups is 4. The van der Waals surface area contributed by atoms with Crippen LogP contribution in [0.1, 0.15) is 41.4 Å². The van der Waals surface area contributed by atoms with Crippen molar-refractivity contribution < 1.29 is 29.0 Å². The lowest BCUT2D eigenvalue weighted by atomic mass is 9.91. The normalized spacial score (nSPS) is 14.0. The van der Waals surface area contributed by atoms with Crippen molar-refractivity contribution in [3.8, 4) is 0 Å². The van der Waals surface area contributed by atoms with Gasteiger partial charge < -0.3 is 10.6 Å². The predicted octanol–water partition coefficient (Wildman–Crippen LogP) is 3.98. The number of nitrogens with one attached hydrogen (secondary N) is 2. The van der Waals surface area contributed by atoms with Crippen molar-refractivity contribution in [1.82, 2.24) is 30.4 Å². The second-order valence-corrected chi connectivity index (χ2v) is 12.4. The van der Waals surface area contributed by atoms with Crippen LogP contribution in [0.15, 0.2) is 73.1 Å². The maximum absolute atomic E-state index is 13.6. The minimum Gasteiger partial charge on any atom is -0.314 e. The number of nitrogens with zero attached hydrogens (tertiary/aromatic N) is 6. The van der Waals surface area contributed by atoms with Gasteiger partial charge in [0.2, 0.25) is 0 Å². The molecular formula is C36H26N8O8. The van der Waals surface area contributed by atoms with Crippen LogP contribution in [0.3, 0.4) is 0 Å². The molecule has 2 aromatic heterocycles. The molecule has 4 heterocycles. The van der Waals surface area contributed by atoms with Crippen molar-refractivity contribution >= 4 is 78.4 Å². The van der Waals surface area contributed by atoms with E-state index >= 15 is 0 Å². The van der Waals surface area contributed by atoms with E-state index in [2.05, 4.69) is 20.6 Å². The van der Waals surface area contributed by atoms with Crippen LogP contribution in [0.5, 0.6) is 0 Å². The number of pyridine rings is 2. The lowest BCUT2D eigenvalue weighted by molar-refractivity contribution is -0.384. The number of aromatic nitrogens is 2. The molecule has 0 unspecified atom stereocenters. The van der Waals surface area contributed by atoms with Crippen LogP contribution in [0, 0.1) is 20.2 Å². The molecule has 52 heavy (non-hydrogen) atoms. The molecular weight excluding hydrogens is 672 g/mol. The van der Waals surface area contributed by atoms with Crippen LogP contribution in [0.25, 0.3) is 43.4 Å². The molecule has 2 N–H and O–H groups in total. The lowest BCUT2D eigenvalue weighted by Gasteiger charge is -2.28. The van der Waals surface area contributed by atoms with Crippen molar-refractivity contribution in [3.05, 3.63) is 116 Å². The molecule has 0 saturated carbocycles. The van der Waals surface area contributed by atoms with E-state index in [1.54, 1.807) is 48.8 Å². The number of hydrogen-bond donors (Lipinski definition) is 2. The molecule has 16 heteroatoms. The summed E-state index contributed by atoms with van der Waals surface area (Å²) in [6, 6.07) is 15.3. The Morgan fingerprint density at radius 2 is 0.942 bits per heavy atom. The standard InChI is InChI=1S/C36H26N8O8/c45-33-25-13-19-3-1-5-39-31(19)23-15-21(43(49)50)17-27(29(23)25)35(47)41(33)11-9-37-7-8-38-10-12-42-34(46)26-14-20-4-2-6-40-32(20)24-16-22(44(51)52)18-28(30(24)26)36(42)48/h1-6,13-18,37-38H,7-12H2. The van der Waals surface area contributed by atoms with Crippen LogP contribution in [-0.2, 0) is 0 Å². The molecule has 0 saturated heterocycles. The fraction of sp³-hybridized carbons (Fsp3) is 0.167. The van der Waals surface area contributed by atoms with E-state index < -0.39 is 33.5 Å². The summed E-state index contributed by atoms with van der Waals surface area (Å²) < 4.78 is 0. The monoisotopic (exact) mass is 698 g/mol. The van der Waals surface area contributed by atoms with Crippen LogP contribution in [0.2, 0.25) is 0 Å². The summed E-state index contributed by atoms with van der Waals surface area (Å²) in [7, 11) is 0. The molecule has 8 rings (SSSR count). The van der Waals surface area contributed by atoms with Crippen molar-refractivity contribution in [2.24, 2.45) is 0 Å². The van der Waals surface area contributed by atoms with Crippen molar-refractivity contribution in [1.29, 1.82) is 0 Å². The average Bonchev–Trinajstić information content (AvgIpc) is 3.15. The van der Waals surface area contributed by atoms with Crippen LogP contribution in [0.4, 0.5) is 11.4 Å². The Kier molecular flexibility index (Phi) is 7.81. The third kappa shape index (κ3) is 5.16. The summed E-state index contributed by atoms with van der Waals surface area (Å²) in [5.74, 6) is -2.29. The molecule has 0 radical (unpaired) electrons. The highest BCUT2D eigenvalue weighted by Crippen LogP contribution is 2.39. The third-order valence-corrected chi connectivity index (χ3v) is 9.40. The zero-order valence-corrected chi connectivity index (χ0v) is 27.1. The zero-order valence-electron chi connectivity index (χ0n) is 27.1. The second kappa shape index (κ2) is 12.5. The largest absolute Gasteiger partial charge is 0.314 e. The summed E-state index contributed by atoms with van der Waals surface area (Å²) in [5, 5.41) is 32.4. The first-order chi connectivity index (χ1) is 25.1. The molecule has 6 aromatic rings. The SMILES string of the molecule is O=C1c2cc([N+](=O)[O-])cc3c2c(cc2cccnc23)C(=O)N1CCNCCNCCN1C(=O)c2cc([N+](=O)[O-])cc3c2c(cc2cccnc23)C1=O. The molecule has 0 bridgehead atoms. The summed E-state index contributed by atoms with van der Waals surface area (Å²) in [6.07, 6.45) is 3.09. The molecule has 2 aliphatic heterocycles. The van der Waals surface area contributed by atoms with Gasteiger partial charge in [-0.2, -0.15) is 0 Å². The van der Waals surface area contributed by atoms with Crippen molar-refractivity contribution in [3.63, 3.8) is 0 Å². The summed E-state index contributed by atoms with van der Waals surface area (Å²) >= 11 is 0. The maximum Gasteiger partial charge on any atom is 0.270 e. The Labute approximate surface area is 292 Å². The molecule has 258 valence electrons. The molecule has 4 aromatic carbocycles. The van der Waals surface area contributed by atoms with Gasteiger partial charge in [-0.25, -0.2) is 0 Å². The van der Waals surface area contributed by atoms with E-state index in [1.807, 2.05) is 0 Å². The smallest absolute Gasteiger partial charge is 0.270 e. The molecule has 0 spiro atoms. The number of rotatable bonds is 11. The first-order valence-corrected chi connectivity index (χ1v) is 16.3. The Morgan fingerprint density at radius 3 is 1.33 bits per heavy atom. The number of carbonyl (C=O) groups excluding carboxylic acids is 4. The Morgan fingerprint density at radius 1 is 0.558 bits per heavy atom. The lowest BCUT2D eigenvalue weighted by Crippen LogP contribution is -2.45. The molecule has 2 aliphatic rings. The maximum atomic E-state index is 13.6. The van der Waals surface area contributed by atoms with Crippen molar-refractivity contribution in [2.75, 3.05) is 39.3 Å². The number of imide groups is 2. The highest BCUT2D eigenvalue weighted by atomic mass is 16.6. The van der Waals surface area contributed by atoms with Gasteiger partial charge in [-0.1, -0.05) is 12.1 Å². The fourth-order valence-corrected chi connectivity index (χ4v) is 7.05. The quantitative estimate of drug-likeness (QED) is 0.0647. The van der Waals surface area contributed by atoms with Gasteiger partial charge in [0, 0.05) is 119 Å². The Balaban J connectivity index is 0.904. The predicted molar refractivity (Wildman–Crippen MR) is 188 cm³/mol. The Bertz CT molecular complexity index is 2430. The molecule has 0 fully saturated rings. The van der Waals surface area contributed by atoms with Crippen molar-refractivity contribution in [2.45, 2.75) is 0 Å². The average molecular weight is 699 g/mol. The first kappa shape index (κ1) is 32.4. The van der Waals surface area contributed by atoms with Gasteiger partial charge in [0.25, 0.3) is 35.0 Å². The summed E-state index contributed by atoms with van der Waals surface area (Å²) in [5.41, 5.74) is 1.02. The van der Waals surface area contributed by atoms with E-state index in [0.717, 1.165) is 9.80 Å². The number of nitro groups is 2. The molecule has 4 amide bonds. The number of benzene rings is 4. The van der Waals surface area contributed by atoms with Gasteiger partial charge in [-0.3, -0.25) is 59.2 Å². The van der Waals surface area contributed by atoms with E-state index in [9.17, 15) is 39.4 Å².